The van der Waals surface area contributed by atoms with Crippen LogP contribution in [0.4, 0.5) is 10.1 Å². The van der Waals surface area contributed by atoms with Gasteiger partial charge in [0, 0.05) is 35.9 Å². The number of aromatic amines is 1. The summed E-state index contributed by atoms with van der Waals surface area (Å²) in [4.78, 5) is 6.67. The van der Waals surface area contributed by atoms with Gasteiger partial charge in [-0.3, -0.25) is 9.71 Å². The Morgan fingerprint density at radius 1 is 1.25 bits per heavy atom. The fourth-order valence-corrected chi connectivity index (χ4v) is 3.44. The largest absolute Gasteiger partial charge is 0.366 e. The van der Waals surface area contributed by atoms with Crippen LogP contribution in [0, 0.1) is 17.1 Å². The van der Waals surface area contributed by atoms with Crippen LogP contribution in [0.15, 0.2) is 60.0 Å². The van der Waals surface area contributed by atoms with E-state index in [1.807, 2.05) is 0 Å². The van der Waals surface area contributed by atoms with Gasteiger partial charge in [0.2, 0.25) is 0 Å². The molecule has 0 spiro atoms. The zero-order chi connectivity index (χ0) is 17.2. The molecule has 0 radical (unpaired) electrons. The van der Waals surface area contributed by atoms with Crippen LogP contribution in [-0.2, 0) is 10.0 Å². The smallest absolute Gasteiger partial charge is 0.264 e. The summed E-state index contributed by atoms with van der Waals surface area (Å²) in [5, 5.41) is 8.73. The van der Waals surface area contributed by atoms with Crippen LogP contribution in [0.5, 0.6) is 0 Å². The Morgan fingerprint density at radius 2 is 2.08 bits per heavy atom. The highest BCUT2D eigenvalue weighted by Gasteiger charge is 2.22. The van der Waals surface area contributed by atoms with Gasteiger partial charge in [0.1, 0.15) is 10.7 Å². The average Bonchev–Trinajstić information content (AvgIpc) is 3.08. The zero-order valence-corrected chi connectivity index (χ0v) is 13.0. The first-order valence-electron chi connectivity index (χ1n) is 6.81. The van der Waals surface area contributed by atoms with Crippen LogP contribution in [0.1, 0.15) is 5.56 Å². The van der Waals surface area contributed by atoms with E-state index in [2.05, 4.69) is 14.7 Å². The fraction of sp³-hybridized carbons (Fsp3) is 0. The standard InChI is InChI=1S/C16H11FN4O2S/c17-14-6-11(7-18)3-4-15(14)21-24(22,23)16-10-20-9-13(16)12-2-1-5-19-8-12/h1-6,8-10,20-21H. The molecule has 0 aliphatic rings. The quantitative estimate of drug-likeness (QED) is 0.761. The maximum Gasteiger partial charge on any atom is 0.264 e. The van der Waals surface area contributed by atoms with Crippen molar-refractivity contribution in [1.29, 1.82) is 5.26 Å². The van der Waals surface area contributed by atoms with Crippen LogP contribution in [0.3, 0.4) is 0 Å². The summed E-state index contributed by atoms with van der Waals surface area (Å²) < 4.78 is 41.3. The van der Waals surface area contributed by atoms with Crippen molar-refractivity contribution in [3.05, 3.63) is 66.5 Å². The molecule has 2 heterocycles. The van der Waals surface area contributed by atoms with Crippen molar-refractivity contribution in [2.75, 3.05) is 4.72 Å². The highest BCUT2D eigenvalue weighted by atomic mass is 32.2. The third-order valence-electron chi connectivity index (χ3n) is 3.31. The summed E-state index contributed by atoms with van der Waals surface area (Å²) in [6.07, 6.45) is 5.95. The Labute approximate surface area is 137 Å². The summed E-state index contributed by atoms with van der Waals surface area (Å²) in [6.45, 7) is 0. The van der Waals surface area contributed by atoms with E-state index in [-0.39, 0.29) is 16.1 Å². The van der Waals surface area contributed by atoms with Gasteiger partial charge < -0.3 is 4.98 Å². The average molecular weight is 342 g/mol. The Balaban J connectivity index is 1.99. The van der Waals surface area contributed by atoms with E-state index in [1.54, 1.807) is 24.4 Å². The van der Waals surface area contributed by atoms with E-state index < -0.39 is 15.8 Å². The zero-order valence-electron chi connectivity index (χ0n) is 12.2. The minimum absolute atomic E-state index is 0.0285. The molecular formula is C16H11FN4O2S. The number of anilines is 1. The number of H-pyrrole nitrogens is 1. The molecule has 120 valence electrons. The van der Waals surface area contributed by atoms with E-state index in [1.165, 1.54) is 30.7 Å². The van der Waals surface area contributed by atoms with Gasteiger partial charge in [0.15, 0.2) is 0 Å². The van der Waals surface area contributed by atoms with Gasteiger partial charge in [-0.25, -0.2) is 12.8 Å². The Morgan fingerprint density at radius 3 is 2.75 bits per heavy atom. The third-order valence-corrected chi connectivity index (χ3v) is 4.72. The molecule has 0 aliphatic heterocycles. The predicted molar refractivity (Wildman–Crippen MR) is 85.9 cm³/mol. The summed E-state index contributed by atoms with van der Waals surface area (Å²) >= 11 is 0. The van der Waals surface area contributed by atoms with Crippen molar-refractivity contribution in [1.82, 2.24) is 9.97 Å². The number of pyridine rings is 1. The molecule has 3 rings (SSSR count). The van der Waals surface area contributed by atoms with Crippen LogP contribution in [0.2, 0.25) is 0 Å². The molecule has 6 nitrogen and oxygen atoms in total. The van der Waals surface area contributed by atoms with Crippen molar-refractivity contribution in [2.45, 2.75) is 4.90 Å². The van der Waals surface area contributed by atoms with Gasteiger partial charge in [0.25, 0.3) is 10.0 Å². The molecule has 2 N–H and O–H groups in total. The Hall–Kier alpha value is -3.18. The first kappa shape index (κ1) is 15.7. The van der Waals surface area contributed by atoms with Crippen LogP contribution < -0.4 is 4.72 Å². The molecule has 2 aromatic heterocycles. The maximum absolute atomic E-state index is 13.9. The molecule has 24 heavy (non-hydrogen) atoms. The molecule has 0 fully saturated rings. The van der Waals surface area contributed by atoms with Gasteiger partial charge in [-0.2, -0.15) is 5.26 Å². The summed E-state index contributed by atoms with van der Waals surface area (Å²) in [6, 6.07) is 8.71. The third kappa shape index (κ3) is 2.98. The molecule has 3 aromatic rings. The van der Waals surface area contributed by atoms with Crippen molar-refractivity contribution in [3.8, 4) is 17.2 Å². The number of halogens is 1. The van der Waals surface area contributed by atoms with Gasteiger partial charge in [0.05, 0.1) is 17.3 Å². The van der Waals surface area contributed by atoms with E-state index >= 15 is 0 Å². The number of benzene rings is 1. The van der Waals surface area contributed by atoms with Crippen molar-refractivity contribution < 1.29 is 12.8 Å². The predicted octanol–water partition coefficient (Wildman–Crippen LogP) is 2.89. The van der Waals surface area contributed by atoms with Gasteiger partial charge >= 0.3 is 0 Å². The van der Waals surface area contributed by atoms with E-state index in [0.29, 0.717) is 11.1 Å². The second-order valence-electron chi connectivity index (χ2n) is 4.89. The van der Waals surface area contributed by atoms with Crippen LogP contribution in [0.25, 0.3) is 11.1 Å². The van der Waals surface area contributed by atoms with Crippen LogP contribution in [-0.4, -0.2) is 18.4 Å². The van der Waals surface area contributed by atoms with Crippen LogP contribution >= 0.6 is 0 Å². The molecule has 8 heteroatoms. The Kier molecular flexibility index (Phi) is 4.02. The number of nitrogens with zero attached hydrogens (tertiary/aromatic N) is 2. The molecular weight excluding hydrogens is 331 g/mol. The molecule has 0 unspecified atom stereocenters. The lowest BCUT2D eigenvalue weighted by Crippen LogP contribution is -2.14. The fourth-order valence-electron chi connectivity index (χ4n) is 2.19. The highest BCUT2D eigenvalue weighted by molar-refractivity contribution is 7.92. The number of sulfonamides is 1. The molecule has 0 bridgehead atoms. The number of rotatable bonds is 4. The molecule has 0 aliphatic carbocycles. The maximum atomic E-state index is 13.9. The number of nitriles is 1. The van der Waals surface area contributed by atoms with E-state index in [4.69, 9.17) is 5.26 Å². The first-order chi connectivity index (χ1) is 11.5. The monoisotopic (exact) mass is 342 g/mol. The van der Waals surface area contributed by atoms with E-state index in [9.17, 15) is 12.8 Å². The number of aromatic nitrogens is 2. The number of hydrogen-bond donors (Lipinski definition) is 2. The summed E-state index contributed by atoms with van der Waals surface area (Å²) in [5.41, 5.74) is 0.907. The lowest BCUT2D eigenvalue weighted by atomic mass is 10.1. The molecule has 0 amide bonds. The van der Waals surface area contributed by atoms with Crippen molar-refractivity contribution in [2.24, 2.45) is 0 Å². The molecule has 0 saturated heterocycles. The van der Waals surface area contributed by atoms with Gasteiger partial charge in [-0.15, -0.1) is 0 Å². The highest BCUT2D eigenvalue weighted by Crippen LogP contribution is 2.28. The summed E-state index contributed by atoms with van der Waals surface area (Å²) in [5.74, 6) is -0.823. The molecule has 0 atom stereocenters. The second-order valence-corrected chi connectivity index (χ2v) is 6.54. The summed E-state index contributed by atoms with van der Waals surface area (Å²) in [7, 11) is -4.02. The van der Waals surface area contributed by atoms with E-state index in [0.717, 1.165) is 6.07 Å². The lowest BCUT2D eigenvalue weighted by Gasteiger charge is -2.10. The Bertz CT molecular complexity index is 1020. The second kappa shape index (κ2) is 6.14. The normalized spacial score (nSPS) is 11.0. The van der Waals surface area contributed by atoms with Gasteiger partial charge in [-0.1, -0.05) is 6.07 Å². The topological polar surface area (TPSA) is 98.6 Å². The minimum Gasteiger partial charge on any atom is -0.366 e. The molecule has 1 aromatic carbocycles. The van der Waals surface area contributed by atoms with Gasteiger partial charge in [-0.05, 0) is 24.3 Å². The number of nitrogens with one attached hydrogen (secondary N) is 2. The SMILES string of the molecule is N#Cc1ccc(NS(=O)(=O)c2c[nH]cc2-c2cccnc2)c(F)c1. The minimum atomic E-state index is -4.02. The first-order valence-corrected chi connectivity index (χ1v) is 8.29. The number of hydrogen-bond acceptors (Lipinski definition) is 4. The molecule has 0 saturated carbocycles. The van der Waals surface area contributed by atoms with Crippen molar-refractivity contribution in [3.63, 3.8) is 0 Å². The lowest BCUT2D eigenvalue weighted by molar-refractivity contribution is 0.599. The van der Waals surface area contributed by atoms with Crippen molar-refractivity contribution >= 4 is 15.7 Å².